The van der Waals surface area contributed by atoms with Crippen molar-refractivity contribution < 1.29 is 4.79 Å². The standard InChI is InChI=1S/C22H23N5OS/c1-16-11-17(2)13-19(12-16)26(10-6-9-23)21(28)14-29-22-25-24-15-27(22)20-8-5-4-7-18(20)3/h4-5,7-8,11-13,15H,6,10,14H2,1-3H3. The van der Waals surface area contributed by atoms with Crippen LogP contribution in [0, 0.1) is 32.1 Å². The van der Waals surface area contributed by atoms with Gasteiger partial charge in [-0.05, 0) is 55.7 Å². The number of thioether (sulfide) groups is 1. The minimum atomic E-state index is -0.0606. The molecular weight excluding hydrogens is 382 g/mol. The monoisotopic (exact) mass is 405 g/mol. The van der Waals surface area contributed by atoms with Crippen molar-refractivity contribution in [1.29, 1.82) is 5.26 Å². The molecule has 0 aliphatic rings. The Morgan fingerprint density at radius 3 is 2.59 bits per heavy atom. The van der Waals surface area contributed by atoms with Crippen molar-refractivity contribution in [3.8, 4) is 11.8 Å². The average molecular weight is 406 g/mol. The molecule has 0 fully saturated rings. The predicted octanol–water partition coefficient (Wildman–Crippen LogP) is 4.23. The molecule has 0 aliphatic carbocycles. The first kappa shape index (κ1) is 20.6. The van der Waals surface area contributed by atoms with Gasteiger partial charge in [0, 0.05) is 12.2 Å². The third-order valence-corrected chi connectivity index (χ3v) is 5.41. The summed E-state index contributed by atoms with van der Waals surface area (Å²) in [4.78, 5) is 14.7. The molecule has 0 radical (unpaired) electrons. The molecule has 0 spiro atoms. The van der Waals surface area contributed by atoms with Gasteiger partial charge in [-0.25, -0.2) is 0 Å². The van der Waals surface area contributed by atoms with Crippen LogP contribution < -0.4 is 4.90 Å². The second-order valence-electron chi connectivity index (χ2n) is 6.86. The molecule has 2 aromatic carbocycles. The second-order valence-corrected chi connectivity index (χ2v) is 7.80. The number of hydrogen-bond donors (Lipinski definition) is 0. The van der Waals surface area contributed by atoms with Crippen LogP contribution >= 0.6 is 11.8 Å². The highest BCUT2D eigenvalue weighted by molar-refractivity contribution is 7.99. The summed E-state index contributed by atoms with van der Waals surface area (Å²) in [5, 5.41) is 17.9. The number of aromatic nitrogens is 3. The quantitative estimate of drug-likeness (QED) is 0.550. The summed E-state index contributed by atoms with van der Waals surface area (Å²) in [6.07, 6.45) is 1.94. The first-order chi connectivity index (χ1) is 14.0. The van der Waals surface area contributed by atoms with Crippen LogP contribution in [0.2, 0.25) is 0 Å². The van der Waals surface area contributed by atoms with Crippen molar-refractivity contribution in [2.75, 3.05) is 17.2 Å². The zero-order valence-electron chi connectivity index (χ0n) is 16.8. The summed E-state index contributed by atoms with van der Waals surface area (Å²) in [6, 6.07) is 16.1. The molecule has 6 nitrogen and oxygen atoms in total. The zero-order chi connectivity index (χ0) is 20.8. The Bertz CT molecular complexity index is 1030. The van der Waals surface area contributed by atoms with Crippen molar-refractivity contribution in [3.63, 3.8) is 0 Å². The zero-order valence-corrected chi connectivity index (χ0v) is 17.6. The van der Waals surface area contributed by atoms with E-state index in [0.717, 1.165) is 28.1 Å². The Balaban J connectivity index is 1.79. The molecule has 0 unspecified atom stereocenters. The number of para-hydroxylation sites is 1. The molecule has 1 aromatic heterocycles. The molecule has 1 heterocycles. The number of nitrogens with zero attached hydrogens (tertiary/aromatic N) is 5. The lowest BCUT2D eigenvalue weighted by atomic mass is 10.1. The fourth-order valence-electron chi connectivity index (χ4n) is 3.19. The molecule has 0 saturated heterocycles. The number of carbonyl (C=O) groups is 1. The number of hydrogen-bond acceptors (Lipinski definition) is 5. The number of aryl methyl sites for hydroxylation is 3. The maximum atomic E-state index is 13.0. The maximum Gasteiger partial charge on any atom is 0.237 e. The van der Waals surface area contributed by atoms with Crippen LogP contribution in [0.4, 0.5) is 5.69 Å². The van der Waals surface area contributed by atoms with E-state index < -0.39 is 0 Å². The smallest absolute Gasteiger partial charge is 0.237 e. The summed E-state index contributed by atoms with van der Waals surface area (Å²) in [7, 11) is 0. The van der Waals surface area contributed by atoms with Gasteiger partial charge in [0.2, 0.25) is 5.91 Å². The molecule has 0 aliphatic heterocycles. The molecule has 0 N–H and O–H groups in total. The second kappa shape index (κ2) is 9.39. The number of amides is 1. The van der Waals surface area contributed by atoms with Crippen LogP contribution in [0.1, 0.15) is 23.1 Å². The lowest BCUT2D eigenvalue weighted by molar-refractivity contribution is -0.116. The molecule has 0 atom stereocenters. The van der Waals surface area contributed by atoms with Gasteiger partial charge in [0.25, 0.3) is 0 Å². The summed E-state index contributed by atoms with van der Waals surface area (Å²) in [5.74, 6) is 0.151. The summed E-state index contributed by atoms with van der Waals surface area (Å²) < 4.78 is 1.89. The van der Waals surface area contributed by atoms with E-state index in [1.165, 1.54) is 11.8 Å². The number of benzene rings is 2. The van der Waals surface area contributed by atoms with Crippen LogP contribution in [-0.2, 0) is 4.79 Å². The van der Waals surface area contributed by atoms with Gasteiger partial charge in [-0.15, -0.1) is 10.2 Å². The van der Waals surface area contributed by atoms with E-state index >= 15 is 0 Å². The molecule has 29 heavy (non-hydrogen) atoms. The fourth-order valence-corrected chi connectivity index (χ4v) is 3.99. The van der Waals surface area contributed by atoms with Gasteiger partial charge >= 0.3 is 0 Å². The van der Waals surface area contributed by atoms with E-state index in [1.807, 2.05) is 61.7 Å². The van der Waals surface area contributed by atoms with Crippen molar-refractivity contribution in [2.45, 2.75) is 32.3 Å². The van der Waals surface area contributed by atoms with E-state index in [-0.39, 0.29) is 18.1 Å². The van der Waals surface area contributed by atoms with E-state index in [4.69, 9.17) is 5.26 Å². The van der Waals surface area contributed by atoms with Crippen molar-refractivity contribution >= 4 is 23.4 Å². The van der Waals surface area contributed by atoms with Gasteiger partial charge in [-0.1, -0.05) is 36.0 Å². The Hall–Kier alpha value is -3.11. The normalized spacial score (nSPS) is 10.6. The van der Waals surface area contributed by atoms with E-state index in [2.05, 4.69) is 22.3 Å². The fraction of sp³-hybridized carbons (Fsp3) is 0.273. The summed E-state index contributed by atoms with van der Waals surface area (Å²) in [6.45, 7) is 6.40. The van der Waals surface area contributed by atoms with Crippen molar-refractivity contribution in [3.05, 3.63) is 65.5 Å². The molecule has 0 saturated carbocycles. The molecule has 3 rings (SSSR count). The molecule has 148 valence electrons. The van der Waals surface area contributed by atoms with Crippen LogP contribution in [0.3, 0.4) is 0 Å². The van der Waals surface area contributed by atoms with Gasteiger partial charge in [-0.2, -0.15) is 5.26 Å². The number of rotatable bonds is 7. The lowest BCUT2D eigenvalue weighted by Crippen LogP contribution is -2.33. The molecule has 0 bridgehead atoms. The number of carbonyl (C=O) groups excluding carboxylic acids is 1. The molecule has 3 aromatic rings. The van der Waals surface area contributed by atoms with Crippen molar-refractivity contribution in [1.82, 2.24) is 14.8 Å². The third kappa shape index (κ3) is 5.04. The van der Waals surface area contributed by atoms with Gasteiger partial charge < -0.3 is 4.90 Å². The summed E-state index contributed by atoms with van der Waals surface area (Å²) >= 11 is 1.35. The van der Waals surface area contributed by atoms with Crippen LogP contribution in [0.5, 0.6) is 0 Å². The Morgan fingerprint density at radius 1 is 1.17 bits per heavy atom. The minimum Gasteiger partial charge on any atom is -0.311 e. The van der Waals surface area contributed by atoms with Crippen molar-refractivity contribution in [2.24, 2.45) is 0 Å². The SMILES string of the molecule is Cc1cc(C)cc(N(CCC#N)C(=O)CSc2nncn2-c2ccccc2C)c1. The highest BCUT2D eigenvalue weighted by Gasteiger charge is 2.18. The Kier molecular flexibility index (Phi) is 6.68. The Morgan fingerprint density at radius 2 is 1.90 bits per heavy atom. The molecule has 1 amide bonds. The third-order valence-electron chi connectivity index (χ3n) is 4.48. The van der Waals surface area contributed by atoms with Gasteiger partial charge in [0.1, 0.15) is 6.33 Å². The summed E-state index contributed by atoms with van der Waals surface area (Å²) in [5.41, 5.74) is 5.08. The first-order valence-electron chi connectivity index (χ1n) is 9.34. The highest BCUT2D eigenvalue weighted by atomic mass is 32.2. The van der Waals surface area contributed by atoms with Gasteiger partial charge in [-0.3, -0.25) is 9.36 Å². The number of nitriles is 1. The van der Waals surface area contributed by atoms with Crippen LogP contribution in [0.25, 0.3) is 5.69 Å². The first-order valence-corrected chi connectivity index (χ1v) is 10.3. The molecular formula is C22H23N5OS. The van der Waals surface area contributed by atoms with E-state index in [1.54, 1.807) is 11.2 Å². The lowest BCUT2D eigenvalue weighted by Gasteiger charge is -2.22. The van der Waals surface area contributed by atoms with Crippen LogP contribution in [-0.4, -0.2) is 33.0 Å². The molecule has 7 heteroatoms. The number of anilines is 1. The maximum absolute atomic E-state index is 13.0. The van der Waals surface area contributed by atoms with E-state index in [0.29, 0.717) is 11.7 Å². The van der Waals surface area contributed by atoms with E-state index in [9.17, 15) is 4.79 Å². The van der Waals surface area contributed by atoms with Crippen LogP contribution in [0.15, 0.2) is 53.9 Å². The average Bonchev–Trinajstić information content (AvgIpc) is 3.14. The topological polar surface area (TPSA) is 74.8 Å². The largest absolute Gasteiger partial charge is 0.311 e. The predicted molar refractivity (Wildman–Crippen MR) is 115 cm³/mol. The Labute approximate surface area is 175 Å². The van der Waals surface area contributed by atoms with Gasteiger partial charge in [0.15, 0.2) is 5.16 Å². The highest BCUT2D eigenvalue weighted by Crippen LogP contribution is 2.24. The van der Waals surface area contributed by atoms with Gasteiger partial charge in [0.05, 0.1) is 23.9 Å². The minimum absolute atomic E-state index is 0.0606.